The predicted octanol–water partition coefficient (Wildman–Crippen LogP) is 4.59. The molecule has 3 heterocycles. The fourth-order valence-corrected chi connectivity index (χ4v) is 4.25. The molecule has 0 bridgehead atoms. The van der Waals surface area contributed by atoms with Gasteiger partial charge in [-0.3, -0.25) is 9.69 Å². The van der Waals surface area contributed by atoms with Gasteiger partial charge in [0.1, 0.15) is 11.6 Å². The molecule has 0 N–H and O–H groups in total. The summed E-state index contributed by atoms with van der Waals surface area (Å²) in [5.41, 5.74) is 1.37. The van der Waals surface area contributed by atoms with Crippen LogP contribution in [0.4, 0.5) is 15.0 Å². The molecule has 2 aromatic heterocycles. The second-order valence-corrected chi connectivity index (χ2v) is 8.58. The number of carbonyl (C=O) groups excluding carboxylic acids is 2. The van der Waals surface area contributed by atoms with E-state index >= 15 is 0 Å². The van der Waals surface area contributed by atoms with E-state index in [9.17, 15) is 14.0 Å². The number of aryl methyl sites for hydroxylation is 1. The van der Waals surface area contributed by atoms with Crippen molar-refractivity contribution >= 4 is 40.6 Å². The van der Waals surface area contributed by atoms with E-state index in [-0.39, 0.29) is 17.6 Å². The van der Waals surface area contributed by atoms with E-state index in [1.165, 1.54) is 23.5 Å². The monoisotopic (exact) mass is 444 g/mol. The average molecular weight is 445 g/mol. The lowest BCUT2D eigenvalue weighted by Gasteiger charge is -2.18. The van der Waals surface area contributed by atoms with Gasteiger partial charge < -0.3 is 4.90 Å². The lowest BCUT2D eigenvalue weighted by Crippen LogP contribution is -2.32. The number of hydrogen-bond acceptors (Lipinski definition) is 5. The molecule has 30 heavy (non-hydrogen) atoms. The van der Waals surface area contributed by atoms with Crippen LogP contribution < -0.4 is 4.90 Å². The maximum atomic E-state index is 13.1. The third-order valence-corrected chi connectivity index (χ3v) is 6.02. The van der Waals surface area contributed by atoms with Crippen molar-refractivity contribution in [3.05, 3.63) is 75.1 Å². The fourth-order valence-electron chi connectivity index (χ4n) is 3.27. The van der Waals surface area contributed by atoms with Gasteiger partial charge in [-0.1, -0.05) is 23.7 Å². The van der Waals surface area contributed by atoms with E-state index in [1.807, 2.05) is 0 Å². The average Bonchev–Trinajstić information content (AvgIpc) is 3.33. The van der Waals surface area contributed by atoms with Gasteiger partial charge in [-0.05, 0) is 36.2 Å². The highest BCUT2D eigenvalue weighted by atomic mass is 35.5. The Morgan fingerprint density at radius 1 is 1.17 bits per heavy atom. The standard InChI is InChI=1S/C21H18ClFN4O2S/c22-20-25-12-17(30-20)5-6-18(28)15-7-8-24-19(11-15)27-10-9-26(21(27)29)13-14-1-3-16(23)4-2-14/h1-4,7-8,11-12H,5-6,9-10,13H2. The third kappa shape index (κ3) is 4.66. The number of anilines is 1. The van der Waals surface area contributed by atoms with Crippen LogP contribution in [-0.2, 0) is 13.0 Å². The first kappa shape index (κ1) is 20.4. The van der Waals surface area contributed by atoms with E-state index in [0.29, 0.717) is 48.3 Å². The van der Waals surface area contributed by atoms with Crippen molar-refractivity contribution in [3.8, 4) is 0 Å². The van der Waals surface area contributed by atoms with E-state index in [4.69, 9.17) is 11.6 Å². The smallest absolute Gasteiger partial charge is 0.318 e. The molecular formula is C21H18ClFN4O2S. The number of aromatic nitrogens is 2. The van der Waals surface area contributed by atoms with E-state index in [2.05, 4.69) is 9.97 Å². The van der Waals surface area contributed by atoms with Gasteiger partial charge in [-0.2, -0.15) is 0 Å². The number of hydrogen-bond donors (Lipinski definition) is 0. The van der Waals surface area contributed by atoms with Crippen LogP contribution in [0.15, 0.2) is 48.8 Å². The first-order valence-electron chi connectivity index (χ1n) is 9.40. The molecule has 0 saturated carbocycles. The predicted molar refractivity (Wildman–Crippen MR) is 114 cm³/mol. The number of nitrogens with zero attached hydrogens (tertiary/aromatic N) is 4. The Hall–Kier alpha value is -2.84. The molecule has 0 aliphatic carbocycles. The number of halogens is 2. The molecule has 0 radical (unpaired) electrons. The molecule has 0 atom stereocenters. The number of pyridine rings is 1. The molecule has 6 nitrogen and oxygen atoms in total. The van der Waals surface area contributed by atoms with E-state index in [0.717, 1.165) is 10.4 Å². The largest absolute Gasteiger partial charge is 0.326 e. The Morgan fingerprint density at radius 3 is 2.70 bits per heavy atom. The minimum atomic E-state index is -0.308. The molecule has 1 fully saturated rings. The molecule has 0 spiro atoms. The molecular weight excluding hydrogens is 427 g/mol. The number of thiazole rings is 1. The summed E-state index contributed by atoms with van der Waals surface area (Å²) in [4.78, 5) is 37.8. The highest BCUT2D eigenvalue weighted by Gasteiger charge is 2.30. The molecule has 9 heteroatoms. The van der Waals surface area contributed by atoms with Crippen molar-refractivity contribution in [1.29, 1.82) is 0 Å². The van der Waals surface area contributed by atoms with E-state index < -0.39 is 0 Å². The molecule has 154 valence electrons. The van der Waals surface area contributed by atoms with Crippen LogP contribution in [0.25, 0.3) is 0 Å². The van der Waals surface area contributed by atoms with Crippen molar-refractivity contribution in [2.24, 2.45) is 0 Å². The normalized spacial score (nSPS) is 13.9. The number of ketones is 1. The number of Topliss-reactive ketones (excluding diaryl/α,β-unsaturated/α-hetero) is 1. The maximum absolute atomic E-state index is 13.1. The van der Waals surface area contributed by atoms with Crippen molar-refractivity contribution in [2.75, 3.05) is 18.0 Å². The first-order chi connectivity index (χ1) is 14.5. The van der Waals surface area contributed by atoms with Gasteiger partial charge in [0, 0.05) is 48.9 Å². The Balaban J connectivity index is 1.41. The molecule has 1 aliphatic rings. The third-order valence-electron chi connectivity index (χ3n) is 4.85. The number of rotatable bonds is 7. The van der Waals surface area contributed by atoms with Crippen LogP contribution in [-0.4, -0.2) is 39.8 Å². The zero-order chi connectivity index (χ0) is 21.1. The second-order valence-electron chi connectivity index (χ2n) is 6.89. The van der Waals surface area contributed by atoms with Crippen LogP contribution in [0.3, 0.4) is 0 Å². The summed E-state index contributed by atoms with van der Waals surface area (Å²) >= 11 is 7.19. The molecule has 1 saturated heterocycles. The van der Waals surface area contributed by atoms with Crippen LogP contribution in [0.2, 0.25) is 4.47 Å². The highest BCUT2D eigenvalue weighted by molar-refractivity contribution is 7.15. The van der Waals surface area contributed by atoms with Crippen LogP contribution in [0, 0.1) is 5.82 Å². The molecule has 4 rings (SSSR count). The zero-order valence-electron chi connectivity index (χ0n) is 15.9. The summed E-state index contributed by atoms with van der Waals surface area (Å²) in [5.74, 6) is 0.114. The van der Waals surface area contributed by atoms with Crippen molar-refractivity contribution in [1.82, 2.24) is 14.9 Å². The van der Waals surface area contributed by atoms with Gasteiger partial charge in [-0.15, -0.1) is 11.3 Å². The summed E-state index contributed by atoms with van der Waals surface area (Å²) in [6.45, 7) is 1.40. The number of carbonyl (C=O) groups is 2. The molecule has 0 unspecified atom stereocenters. The van der Waals surface area contributed by atoms with Crippen molar-refractivity contribution in [2.45, 2.75) is 19.4 Å². The summed E-state index contributed by atoms with van der Waals surface area (Å²) in [6, 6.07) is 9.22. The van der Waals surface area contributed by atoms with E-state index in [1.54, 1.807) is 46.5 Å². The number of amides is 2. The van der Waals surface area contributed by atoms with Gasteiger partial charge in [0.15, 0.2) is 10.3 Å². The Kier molecular flexibility index (Phi) is 6.06. The second kappa shape index (κ2) is 8.89. The summed E-state index contributed by atoms with van der Waals surface area (Å²) in [5, 5.41) is 0. The molecule has 1 aliphatic heterocycles. The van der Waals surface area contributed by atoms with Crippen molar-refractivity contribution in [3.63, 3.8) is 0 Å². The highest BCUT2D eigenvalue weighted by Crippen LogP contribution is 2.23. The minimum Gasteiger partial charge on any atom is -0.318 e. The fraction of sp³-hybridized carbons (Fsp3) is 0.238. The topological polar surface area (TPSA) is 66.4 Å². The molecule has 1 aromatic carbocycles. The molecule has 3 aromatic rings. The first-order valence-corrected chi connectivity index (χ1v) is 10.6. The van der Waals surface area contributed by atoms with Gasteiger partial charge in [0.05, 0.1) is 0 Å². The summed E-state index contributed by atoms with van der Waals surface area (Å²) < 4.78 is 13.5. The van der Waals surface area contributed by atoms with Crippen LogP contribution in [0.1, 0.15) is 27.2 Å². The maximum Gasteiger partial charge on any atom is 0.326 e. The molecule has 2 amide bonds. The SMILES string of the molecule is O=C(CCc1cnc(Cl)s1)c1ccnc(N2CCN(Cc3ccc(F)cc3)C2=O)c1. The van der Waals surface area contributed by atoms with Gasteiger partial charge in [0.25, 0.3) is 0 Å². The minimum absolute atomic E-state index is 0.0296. The Bertz CT molecular complexity index is 1070. The van der Waals surface area contributed by atoms with Gasteiger partial charge in [0.2, 0.25) is 0 Å². The quantitative estimate of drug-likeness (QED) is 0.500. The summed E-state index contributed by atoms with van der Waals surface area (Å²) in [6.07, 6.45) is 4.11. The Labute approximate surface area is 181 Å². The Morgan fingerprint density at radius 2 is 1.97 bits per heavy atom. The lowest BCUT2D eigenvalue weighted by molar-refractivity contribution is 0.0983. The van der Waals surface area contributed by atoms with Crippen LogP contribution >= 0.6 is 22.9 Å². The van der Waals surface area contributed by atoms with Crippen LogP contribution in [0.5, 0.6) is 0 Å². The van der Waals surface area contributed by atoms with Crippen molar-refractivity contribution < 1.29 is 14.0 Å². The lowest BCUT2D eigenvalue weighted by atomic mass is 10.1. The zero-order valence-corrected chi connectivity index (χ0v) is 17.5. The van der Waals surface area contributed by atoms with Gasteiger partial charge >= 0.3 is 6.03 Å². The number of benzene rings is 1. The summed E-state index contributed by atoms with van der Waals surface area (Å²) in [7, 11) is 0. The van der Waals surface area contributed by atoms with Gasteiger partial charge in [-0.25, -0.2) is 19.2 Å². The number of urea groups is 1.